The Morgan fingerprint density at radius 3 is 2.62 bits per heavy atom. The summed E-state index contributed by atoms with van der Waals surface area (Å²) in [6, 6.07) is 9.18. The Morgan fingerprint density at radius 2 is 1.88 bits per heavy atom. The Labute approximate surface area is 155 Å². The summed E-state index contributed by atoms with van der Waals surface area (Å²) >= 11 is 0. The van der Waals surface area contributed by atoms with Crippen molar-refractivity contribution in [1.82, 2.24) is 20.3 Å². The summed E-state index contributed by atoms with van der Waals surface area (Å²) in [5.74, 6) is 0.702. The summed E-state index contributed by atoms with van der Waals surface area (Å²) in [7, 11) is 2.03. The van der Waals surface area contributed by atoms with Gasteiger partial charge < -0.3 is 15.6 Å². The van der Waals surface area contributed by atoms with E-state index in [2.05, 4.69) is 59.6 Å². The minimum atomic E-state index is 0.353. The number of H-pyrrole nitrogens is 1. The molecule has 0 saturated carbocycles. The molecule has 0 aliphatic carbocycles. The van der Waals surface area contributed by atoms with E-state index in [1.54, 1.807) is 0 Å². The lowest BCUT2D eigenvalue weighted by atomic mass is 10.0. The van der Waals surface area contributed by atoms with Crippen LogP contribution in [-0.2, 0) is 0 Å². The van der Waals surface area contributed by atoms with Gasteiger partial charge in [-0.1, -0.05) is 32.0 Å². The summed E-state index contributed by atoms with van der Waals surface area (Å²) in [5.41, 5.74) is 4.31. The highest BCUT2D eigenvalue weighted by molar-refractivity contribution is 5.95. The molecule has 0 bridgehead atoms. The van der Waals surface area contributed by atoms with Crippen molar-refractivity contribution in [1.29, 1.82) is 0 Å². The first-order valence-corrected chi connectivity index (χ1v) is 9.50. The lowest BCUT2D eigenvalue weighted by Gasteiger charge is -2.22. The maximum absolute atomic E-state index is 4.85. The van der Waals surface area contributed by atoms with Crippen LogP contribution in [0.5, 0.6) is 0 Å². The van der Waals surface area contributed by atoms with E-state index in [0.717, 1.165) is 41.6 Å². The number of anilines is 1. The van der Waals surface area contributed by atoms with Crippen molar-refractivity contribution < 1.29 is 0 Å². The van der Waals surface area contributed by atoms with Crippen LogP contribution in [0.25, 0.3) is 22.2 Å². The number of hydrogen-bond donors (Lipinski definition) is 3. The smallest absolute Gasteiger partial charge is 0.223 e. The Morgan fingerprint density at radius 1 is 1.12 bits per heavy atom. The van der Waals surface area contributed by atoms with E-state index in [1.807, 2.05) is 25.5 Å². The second kappa shape index (κ2) is 8.32. The number of rotatable bonds is 8. The van der Waals surface area contributed by atoms with Crippen LogP contribution in [0.3, 0.4) is 0 Å². The third kappa shape index (κ3) is 3.88. The van der Waals surface area contributed by atoms with Gasteiger partial charge in [-0.2, -0.15) is 0 Å². The molecule has 26 heavy (non-hydrogen) atoms. The molecule has 3 rings (SSSR count). The van der Waals surface area contributed by atoms with Gasteiger partial charge in [-0.05, 0) is 44.9 Å². The number of para-hydroxylation sites is 1. The first kappa shape index (κ1) is 18.4. The molecular weight excluding hydrogens is 322 g/mol. The molecule has 138 valence electrons. The third-order valence-corrected chi connectivity index (χ3v) is 5.11. The van der Waals surface area contributed by atoms with E-state index in [-0.39, 0.29) is 0 Å². The maximum Gasteiger partial charge on any atom is 0.223 e. The monoisotopic (exact) mass is 351 g/mol. The minimum Gasteiger partial charge on any atom is -0.360 e. The van der Waals surface area contributed by atoms with Crippen molar-refractivity contribution in [2.45, 2.75) is 52.1 Å². The van der Waals surface area contributed by atoms with E-state index in [9.17, 15) is 0 Å². The number of aryl methyl sites for hydroxylation is 1. The molecule has 1 aromatic carbocycles. The highest BCUT2D eigenvalue weighted by Crippen LogP contribution is 2.29. The molecule has 3 N–H and O–H groups in total. The van der Waals surface area contributed by atoms with Gasteiger partial charge in [0.1, 0.15) is 0 Å². The van der Waals surface area contributed by atoms with Gasteiger partial charge in [-0.15, -0.1) is 0 Å². The number of nitrogens with one attached hydrogen (secondary N) is 3. The number of aromatic amines is 1. The van der Waals surface area contributed by atoms with E-state index in [0.29, 0.717) is 18.0 Å². The number of nitrogens with zero attached hydrogens (tertiary/aromatic N) is 2. The summed E-state index contributed by atoms with van der Waals surface area (Å²) in [6.45, 7) is 6.48. The predicted molar refractivity (Wildman–Crippen MR) is 110 cm³/mol. The average molecular weight is 351 g/mol. The molecule has 5 nitrogen and oxygen atoms in total. The van der Waals surface area contributed by atoms with Crippen molar-refractivity contribution >= 4 is 16.9 Å². The zero-order chi connectivity index (χ0) is 18.5. The van der Waals surface area contributed by atoms with Gasteiger partial charge >= 0.3 is 0 Å². The first-order chi connectivity index (χ1) is 12.7. The molecule has 3 aromatic rings. The quantitative estimate of drug-likeness (QED) is 0.558. The summed E-state index contributed by atoms with van der Waals surface area (Å²) in [5, 5.41) is 8.10. The standard InChI is InChI=1S/C21H29N5/c1-5-15(22-4)11-16(6-2)25-21-24-12-14(3)20(26-21)18-13-23-19-10-8-7-9-17(18)19/h7-10,12-13,15-16,22-23H,5-6,11H2,1-4H3,(H,24,25,26). The molecule has 5 heteroatoms. The van der Waals surface area contributed by atoms with Crippen LogP contribution in [0.15, 0.2) is 36.7 Å². The minimum absolute atomic E-state index is 0.353. The molecule has 0 radical (unpaired) electrons. The van der Waals surface area contributed by atoms with E-state index in [1.165, 1.54) is 5.39 Å². The molecule has 0 spiro atoms. The molecule has 2 heterocycles. The van der Waals surface area contributed by atoms with Crippen molar-refractivity contribution in [2.75, 3.05) is 12.4 Å². The molecule has 0 aliphatic heterocycles. The zero-order valence-corrected chi connectivity index (χ0v) is 16.1. The van der Waals surface area contributed by atoms with Crippen molar-refractivity contribution in [3.8, 4) is 11.3 Å². The van der Waals surface area contributed by atoms with Crippen LogP contribution in [0.2, 0.25) is 0 Å². The van der Waals surface area contributed by atoms with Gasteiger partial charge in [-0.3, -0.25) is 0 Å². The number of fused-ring (bicyclic) bond motifs is 1. The van der Waals surface area contributed by atoms with Crippen LogP contribution >= 0.6 is 0 Å². The zero-order valence-electron chi connectivity index (χ0n) is 16.1. The van der Waals surface area contributed by atoms with Gasteiger partial charge in [0, 0.05) is 40.9 Å². The van der Waals surface area contributed by atoms with Crippen molar-refractivity contribution in [3.63, 3.8) is 0 Å². The molecule has 0 saturated heterocycles. The fourth-order valence-electron chi connectivity index (χ4n) is 3.39. The Bertz CT molecular complexity index is 850. The summed E-state index contributed by atoms with van der Waals surface area (Å²) in [4.78, 5) is 12.7. The van der Waals surface area contributed by atoms with Crippen LogP contribution < -0.4 is 10.6 Å². The highest BCUT2D eigenvalue weighted by atomic mass is 15.1. The Hall–Kier alpha value is -2.40. The molecule has 0 aliphatic rings. The summed E-state index contributed by atoms with van der Waals surface area (Å²) < 4.78 is 0. The van der Waals surface area contributed by atoms with Gasteiger partial charge in [-0.25, -0.2) is 9.97 Å². The van der Waals surface area contributed by atoms with Gasteiger partial charge in [0.25, 0.3) is 0 Å². The van der Waals surface area contributed by atoms with E-state index in [4.69, 9.17) is 4.98 Å². The predicted octanol–water partition coefficient (Wildman–Crippen LogP) is 4.51. The molecule has 2 atom stereocenters. The molecule has 2 unspecified atom stereocenters. The van der Waals surface area contributed by atoms with E-state index >= 15 is 0 Å². The van der Waals surface area contributed by atoms with Gasteiger partial charge in [0.05, 0.1) is 5.69 Å². The SMILES string of the molecule is CCC(CC(CC)Nc1ncc(C)c(-c2c[nH]c3ccccc23)n1)NC. The molecule has 2 aromatic heterocycles. The van der Waals surface area contributed by atoms with Crippen LogP contribution in [0.4, 0.5) is 5.95 Å². The van der Waals surface area contributed by atoms with Crippen LogP contribution in [-0.4, -0.2) is 34.1 Å². The molecule has 0 fully saturated rings. The van der Waals surface area contributed by atoms with Crippen molar-refractivity contribution in [2.24, 2.45) is 0 Å². The first-order valence-electron chi connectivity index (χ1n) is 9.50. The van der Waals surface area contributed by atoms with Gasteiger partial charge in [0.15, 0.2) is 0 Å². The lowest BCUT2D eigenvalue weighted by Crippen LogP contribution is -2.32. The Balaban J connectivity index is 1.88. The van der Waals surface area contributed by atoms with Gasteiger partial charge in [0.2, 0.25) is 5.95 Å². The highest BCUT2D eigenvalue weighted by Gasteiger charge is 2.16. The Kier molecular flexibility index (Phi) is 5.89. The normalized spacial score (nSPS) is 13.7. The second-order valence-electron chi connectivity index (χ2n) is 6.85. The van der Waals surface area contributed by atoms with E-state index < -0.39 is 0 Å². The second-order valence-corrected chi connectivity index (χ2v) is 6.85. The lowest BCUT2D eigenvalue weighted by molar-refractivity contribution is 0.461. The maximum atomic E-state index is 4.85. The molecular formula is C21H29N5. The van der Waals surface area contributed by atoms with Crippen LogP contribution in [0.1, 0.15) is 38.7 Å². The average Bonchev–Trinajstić information content (AvgIpc) is 3.10. The molecule has 0 amide bonds. The van der Waals surface area contributed by atoms with Crippen LogP contribution in [0, 0.1) is 6.92 Å². The number of benzene rings is 1. The fourth-order valence-corrected chi connectivity index (χ4v) is 3.39. The van der Waals surface area contributed by atoms with Crippen molar-refractivity contribution in [3.05, 3.63) is 42.2 Å². The third-order valence-electron chi connectivity index (χ3n) is 5.11. The largest absolute Gasteiger partial charge is 0.360 e. The fraction of sp³-hybridized carbons (Fsp3) is 0.429. The number of aromatic nitrogens is 3. The summed E-state index contributed by atoms with van der Waals surface area (Å²) in [6.07, 6.45) is 7.16. The number of hydrogen-bond acceptors (Lipinski definition) is 4. The topological polar surface area (TPSA) is 65.6 Å².